The second-order valence-electron chi connectivity index (χ2n) is 7.33. The number of rotatable bonds is 7. The zero-order valence-corrected chi connectivity index (χ0v) is 21.4. The number of nitrogens with one attached hydrogen (secondary N) is 1. The van der Waals surface area contributed by atoms with Gasteiger partial charge in [0.2, 0.25) is 0 Å². The molecule has 10 heteroatoms. The number of benzene rings is 1. The smallest absolute Gasteiger partial charge is 0.307 e. The molecular weight excluding hydrogens is 512 g/mol. The van der Waals surface area contributed by atoms with Gasteiger partial charge in [-0.2, -0.15) is 5.10 Å². The van der Waals surface area contributed by atoms with Crippen molar-refractivity contribution in [3.8, 4) is 16.2 Å². The molecule has 2 N–H and O–H groups in total. The molecule has 0 atom stereocenters. The van der Waals surface area contributed by atoms with E-state index in [9.17, 15) is 9.90 Å². The average molecular weight is 540 g/mol. The van der Waals surface area contributed by atoms with Crippen LogP contribution in [0.15, 0.2) is 39.2 Å². The van der Waals surface area contributed by atoms with Crippen molar-refractivity contribution in [2.24, 2.45) is 5.10 Å². The molecular formula is C22H27BrN4O3S2. The van der Waals surface area contributed by atoms with Crippen molar-refractivity contribution < 1.29 is 14.6 Å². The first-order valence-electron chi connectivity index (χ1n) is 10.4. The molecule has 2 heterocycles. The molecule has 3 rings (SSSR count). The molecule has 7 nitrogen and oxygen atoms in total. The predicted molar refractivity (Wildman–Crippen MR) is 136 cm³/mol. The van der Waals surface area contributed by atoms with Gasteiger partial charge in [-0.15, -0.1) is 11.3 Å². The summed E-state index contributed by atoms with van der Waals surface area (Å²) in [6.45, 7) is 7.95. The quantitative estimate of drug-likeness (QED) is 0.238. The van der Waals surface area contributed by atoms with Gasteiger partial charge in [0.05, 0.1) is 29.2 Å². The highest BCUT2D eigenvalue weighted by Crippen LogP contribution is 2.39. The fourth-order valence-corrected chi connectivity index (χ4v) is 4.84. The summed E-state index contributed by atoms with van der Waals surface area (Å²) in [5.41, 5.74) is 5.27. The number of halogens is 1. The highest BCUT2D eigenvalue weighted by atomic mass is 79.9. The van der Waals surface area contributed by atoms with E-state index in [2.05, 4.69) is 36.3 Å². The molecule has 0 saturated carbocycles. The molecule has 0 amide bonds. The minimum absolute atomic E-state index is 0.156. The number of carbonyl (C=O) groups is 1. The summed E-state index contributed by atoms with van der Waals surface area (Å²) in [4.78, 5) is 16.6. The summed E-state index contributed by atoms with van der Waals surface area (Å²) in [7, 11) is 0. The van der Waals surface area contributed by atoms with Crippen LogP contribution in [0.1, 0.15) is 25.8 Å². The van der Waals surface area contributed by atoms with Crippen LogP contribution >= 0.6 is 39.5 Å². The molecule has 1 aromatic carbocycles. The molecule has 1 saturated heterocycles. The molecule has 32 heavy (non-hydrogen) atoms. The summed E-state index contributed by atoms with van der Waals surface area (Å²) < 4.78 is 5.98. The topological polar surface area (TPSA) is 77.4 Å². The Morgan fingerprint density at radius 2 is 1.97 bits per heavy atom. The van der Waals surface area contributed by atoms with Crippen molar-refractivity contribution in [2.45, 2.75) is 20.3 Å². The van der Waals surface area contributed by atoms with Crippen molar-refractivity contribution in [1.29, 1.82) is 0 Å². The maximum absolute atomic E-state index is 11.5. The van der Waals surface area contributed by atoms with Gasteiger partial charge in [0.15, 0.2) is 5.11 Å². The Hall–Kier alpha value is -2.01. The number of carbonyl (C=O) groups excluding carboxylic acids is 1. The lowest BCUT2D eigenvalue weighted by molar-refractivity contribution is -0.143. The van der Waals surface area contributed by atoms with Gasteiger partial charge in [-0.3, -0.25) is 15.1 Å². The van der Waals surface area contributed by atoms with Crippen LogP contribution in [0.2, 0.25) is 0 Å². The lowest BCUT2D eigenvalue weighted by Crippen LogP contribution is -2.51. The van der Waals surface area contributed by atoms with Crippen molar-refractivity contribution in [3.05, 3.63) is 39.7 Å². The fourth-order valence-electron chi connectivity index (χ4n) is 3.33. The molecule has 0 aliphatic carbocycles. The van der Waals surface area contributed by atoms with Gasteiger partial charge in [-0.25, -0.2) is 0 Å². The van der Waals surface area contributed by atoms with Gasteiger partial charge in [-0.05, 0) is 43.8 Å². The van der Waals surface area contributed by atoms with Gasteiger partial charge >= 0.3 is 5.97 Å². The number of thiophene rings is 1. The summed E-state index contributed by atoms with van der Waals surface area (Å²) in [6, 6.07) is 7.83. The van der Waals surface area contributed by atoms with Crippen molar-refractivity contribution in [1.82, 2.24) is 15.2 Å². The standard InChI is InChI=1S/C22H27BrN4O3S2/c1-3-30-19(28)8-9-26-10-12-27(13-11-26)22(31)25-24-15(2)18-14-32-21(20(18)29)16-4-6-17(23)7-5-16/h4-7,14,29H,3,8-13H2,1-2H3,(H,25,31). The molecule has 2 aromatic rings. The zero-order valence-electron chi connectivity index (χ0n) is 18.1. The highest BCUT2D eigenvalue weighted by Gasteiger charge is 2.20. The Morgan fingerprint density at radius 3 is 2.62 bits per heavy atom. The number of piperazine rings is 1. The Bertz CT molecular complexity index is 970. The Kier molecular flexibility index (Phi) is 9.03. The number of hydrazone groups is 1. The van der Waals surface area contributed by atoms with E-state index in [1.807, 2.05) is 43.5 Å². The average Bonchev–Trinajstić information content (AvgIpc) is 3.18. The first-order valence-corrected chi connectivity index (χ1v) is 12.5. The van der Waals surface area contributed by atoms with Gasteiger partial charge < -0.3 is 14.7 Å². The minimum atomic E-state index is -0.156. The lowest BCUT2D eigenvalue weighted by Gasteiger charge is -2.35. The van der Waals surface area contributed by atoms with Crippen molar-refractivity contribution in [2.75, 3.05) is 39.3 Å². The molecule has 0 radical (unpaired) electrons. The van der Waals surface area contributed by atoms with Gasteiger partial charge in [0.1, 0.15) is 5.75 Å². The molecule has 1 fully saturated rings. The fraction of sp³-hybridized carbons (Fsp3) is 0.409. The number of hydrogen-bond donors (Lipinski definition) is 2. The normalized spacial score (nSPS) is 15.0. The van der Waals surface area contributed by atoms with E-state index in [1.165, 1.54) is 11.3 Å². The van der Waals surface area contributed by atoms with Crippen LogP contribution in [-0.4, -0.2) is 71.0 Å². The highest BCUT2D eigenvalue weighted by molar-refractivity contribution is 9.10. The van der Waals surface area contributed by atoms with Crippen LogP contribution < -0.4 is 5.43 Å². The third-order valence-electron chi connectivity index (χ3n) is 5.18. The first kappa shape index (κ1) is 24.6. The second-order valence-corrected chi connectivity index (χ2v) is 9.51. The van der Waals surface area contributed by atoms with Crippen molar-refractivity contribution in [3.63, 3.8) is 0 Å². The third-order valence-corrected chi connectivity index (χ3v) is 7.07. The molecule has 0 unspecified atom stereocenters. The van der Waals surface area contributed by atoms with Gasteiger partial charge in [0, 0.05) is 42.6 Å². The predicted octanol–water partition coefficient (Wildman–Crippen LogP) is 4.05. The van der Waals surface area contributed by atoms with Gasteiger partial charge in [-0.1, -0.05) is 28.1 Å². The minimum Gasteiger partial charge on any atom is -0.506 e. The molecule has 1 aliphatic rings. The number of esters is 1. The monoisotopic (exact) mass is 538 g/mol. The van der Waals surface area contributed by atoms with Gasteiger partial charge in [0.25, 0.3) is 0 Å². The third kappa shape index (κ3) is 6.50. The van der Waals surface area contributed by atoms with E-state index in [-0.39, 0.29) is 11.7 Å². The summed E-state index contributed by atoms with van der Waals surface area (Å²) >= 11 is 10.4. The summed E-state index contributed by atoms with van der Waals surface area (Å²) in [5, 5.41) is 17.5. The maximum atomic E-state index is 11.5. The summed E-state index contributed by atoms with van der Waals surface area (Å²) in [6.07, 6.45) is 0.409. The molecule has 0 spiro atoms. The van der Waals surface area contributed by atoms with E-state index < -0.39 is 0 Å². The summed E-state index contributed by atoms with van der Waals surface area (Å²) in [5.74, 6) is 0.0680. The molecule has 0 bridgehead atoms. The number of hydrogen-bond acceptors (Lipinski definition) is 7. The Morgan fingerprint density at radius 1 is 1.28 bits per heavy atom. The SMILES string of the molecule is CCOC(=O)CCN1CCN(C(=S)NN=C(C)c2csc(-c3ccc(Br)cc3)c2O)CC1. The van der Waals surface area contributed by atoms with Crippen LogP contribution in [-0.2, 0) is 9.53 Å². The number of aromatic hydroxyl groups is 1. The lowest BCUT2D eigenvalue weighted by atomic mass is 10.1. The largest absolute Gasteiger partial charge is 0.506 e. The maximum Gasteiger partial charge on any atom is 0.307 e. The van der Waals surface area contributed by atoms with Crippen LogP contribution in [0.25, 0.3) is 10.4 Å². The number of ether oxygens (including phenoxy) is 1. The molecule has 1 aromatic heterocycles. The number of nitrogens with zero attached hydrogens (tertiary/aromatic N) is 3. The van der Waals surface area contributed by atoms with Crippen LogP contribution in [0.4, 0.5) is 0 Å². The number of thiocarbonyl (C=S) groups is 1. The first-order chi connectivity index (χ1) is 15.4. The Balaban J connectivity index is 1.52. The van der Waals surface area contributed by atoms with E-state index in [1.54, 1.807) is 0 Å². The van der Waals surface area contributed by atoms with E-state index in [4.69, 9.17) is 17.0 Å². The van der Waals surface area contributed by atoms with E-state index in [0.717, 1.165) is 41.1 Å². The van der Waals surface area contributed by atoms with Crippen LogP contribution in [0.3, 0.4) is 0 Å². The Labute approximate surface area is 206 Å². The van der Waals surface area contributed by atoms with E-state index >= 15 is 0 Å². The molecule has 172 valence electrons. The van der Waals surface area contributed by atoms with E-state index in [0.29, 0.717) is 36.0 Å². The van der Waals surface area contributed by atoms with Crippen molar-refractivity contribution >= 4 is 56.3 Å². The van der Waals surface area contributed by atoms with Crippen LogP contribution in [0, 0.1) is 0 Å². The zero-order chi connectivity index (χ0) is 23.1. The van der Waals surface area contributed by atoms with Crippen LogP contribution in [0.5, 0.6) is 5.75 Å². The molecule has 1 aliphatic heterocycles. The second kappa shape index (κ2) is 11.7.